The summed E-state index contributed by atoms with van der Waals surface area (Å²) in [6.07, 6.45) is 0.692. The molecule has 1 saturated carbocycles. The topological polar surface area (TPSA) is 73.8 Å². The van der Waals surface area contributed by atoms with Gasteiger partial charge < -0.3 is 5.73 Å². The van der Waals surface area contributed by atoms with Crippen LogP contribution in [0.2, 0.25) is 0 Å². The Morgan fingerprint density at radius 2 is 2.09 bits per heavy atom. The van der Waals surface area contributed by atoms with Crippen LogP contribution in [0.5, 0.6) is 0 Å². The Labute approximate surface area is 131 Å². The molecule has 2 N–H and O–H groups in total. The lowest BCUT2D eigenvalue weighted by molar-refractivity contribution is -0.118. The third-order valence-electron chi connectivity index (χ3n) is 4.27. The van der Waals surface area contributed by atoms with Gasteiger partial charge in [-0.05, 0) is 18.4 Å². The van der Waals surface area contributed by atoms with E-state index >= 15 is 0 Å². The molecule has 2 aliphatic rings. The quantitative estimate of drug-likeness (QED) is 0.939. The van der Waals surface area contributed by atoms with Crippen molar-refractivity contribution in [1.29, 1.82) is 0 Å². The van der Waals surface area contributed by atoms with Crippen LogP contribution in [0.25, 0.3) is 0 Å². The average molecular weight is 318 g/mol. The number of nitrogens with zero attached hydrogens (tertiary/aromatic N) is 3. The molecular weight excluding hydrogens is 303 g/mol. The van der Waals surface area contributed by atoms with Gasteiger partial charge in [0.05, 0.1) is 6.04 Å². The fourth-order valence-corrected chi connectivity index (χ4v) is 3.87. The number of nitrogens with two attached hydrogens (primary N) is 1. The van der Waals surface area contributed by atoms with E-state index in [1.54, 1.807) is 4.68 Å². The highest BCUT2D eigenvalue weighted by Gasteiger charge is 2.51. The van der Waals surface area contributed by atoms with E-state index in [0.29, 0.717) is 17.4 Å². The minimum absolute atomic E-state index is 0.142. The number of benzene rings is 1. The summed E-state index contributed by atoms with van der Waals surface area (Å²) in [4.78, 5) is 15.8. The Morgan fingerprint density at radius 1 is 1.36 bits per heavy atom. The van der Waals surface area contributed by atoms with Gasteiger partial charge >= 0.3 is 0 Å². The molecule has 0 saturated heterocycles. The first-order chi connectivity index (χ1) is 10.6. The Balaban J connectivity index is 1.65. The molecular formula is C15H15FN4OS. The van der Waals surface area contributed by atoms with Crippen molar-refractivity contribution in [3.8, 4) is 0 Å². The fraction of sp³-hybridized carbons (Fsp3) is 0.400. The van der Waals surface area contributed by atoms with Gasteiger partial charge in [0.25, 0.3) is 0 Å². The van der Waals surface area contributed by atoms with E-state index in [4.69, 9.17) is 5.73 Å². The van der Waals surface area contributed by atoms with E-state index < -0.39 is 10.9 Å². The van der Waals surface area contributed by atoms with Gasteiger partial charge in [0.1, 0.15) is 4.75 Å². The highest BCUT2D eigenvalue weighted by Crippen LogP contribution is 2.51. The molecule has 1 aliphatic carbocycles. The number of amides is 1. The molecule has 0 unspecified atom stereocenters. The Bertz CT molecular complexity index is 728. The maximum atomic E-state index is 14.2. The average Bonchev–Trinajstić information content (AvgIpc) is 3.08. The number of carbonyl (C=O) groups is 1. The van der Waals surface area contributed by atoms with Crippen LogP contribution >= 0.6 is 11.8 Å². The largest absolute Gasteiger partial charge is 0.368 e. The van der Waals surface area contributed by atoms with Crippen molar-refractivity contribution in [2.75, 3.05) is 0 Å². The van der Waals surface area contributed by atoms with Gasteiger partial charge in [-0.3, -0.25) is 4.79 Å². The van der Waals surface area contributed by atoms with Gasteiger partial charge in [-0.25, -0.2) is 14.1 Å². The second-order valence-electron chi connectivity index (χ2n) is 5.79. The van der Waals surface area contributed by atoms with E-state index in [1.165, 1.54) is 11.8 Å². The maximum absolute atomic E-state index is 14.2. The molecule has 1 amide bonds. The molecule has 114 valence electrons. The number of carbonyl (C=O) groups excluding carboxylic acids is 1. The SMILES string of the molecule is NC(=O)C1(Sc2nc3n(n2)[C@H](c2ccccc2)C[C@@H]3F)CC1. The highest BCUT2D eigenvalue weighted by molar-refractivity contribution is 8.01. The van der Waals surface area contributed by atoms with Crippen molar-refractivity contribution < 1.29 is 9.18 Å². The number of fused-ring (bicyclic) bond motifs is 1. The summed E-state index contributed by atoms with van der Waals surface area (Å²) in [5.74, 6) is 0.000454. The number of thioether (sulfide) groups is 1. The molecule has 2 atom stereocenters. The van der Waals surface area contributed by atoms with Crippen LogP contribution < -0.4 is 5.73 Å². The molecule has 0 bridgehead atoms. The van der Waals surface area contributed by atoms with Crippen LogP contribution in [0, 0.1) is 0 Å². The molecule has 0 spiro atoms. The highest BCUT2D eigenvalue weighted by atomic mass is 32.2. The zero-order valence-electron chi connectivity index (χ0n) is 11.8. The zero-order valence-corrected chi connectivity index (χ0v) is 12.6. The number of hydrogen-bond acceptors (Lipinski definition) is 4. The van der Waals surface area contributed by atoms with Crippen LogP contribution in [-0.2, 0) is 4.79 Å². The van der Waals surface area contributed by atoms with Crippen LogP contribution in [-0.4, -0.2) is 25.4 Å². The van der Waals surface area contributed by atoms with Crippen LogP contribution in [0.1, 0.15) is 42.9 Å². The van der Waals surface area contributed by atoms with Gasteiger partial charge in [0, 0.05) is 6.42 Å². The molecule has 1 aromatic heterocycles. The smallest absolute Gasteiger partial charge is 0.234 e. The normalized spacial score (nSPS) is 25.0. The molecule has 1 aromatic carbocycles. The third kappa shape index (κ3) is 2.11. The number of halogens is 1. The molecule has 1 aliphatic heterocycles. The molecule has 4 rings (SSSR count). The first-order valence-electron chi connectivity index (χ1n) is 7.23. The minimum atomic E-state index is -1.13. The van der Waals surface area contributed by atoms with Crippen molar-refractivity contribution in [3.63, 3.8) is 0 Å². The van der Waals surface area contributed by atoms with Gasteiger partial charge in [0.15, 0.2) is 12.0 Å². The molecule has 1 fully saturated rings. The molecule has 5 nitrogen and oxygen atoms in total. The Morgan fingerprint density at radius 3 is 2.73 bits per heavy atom. The third-order valence-corrected chi connectivity index (χ3v) is 5.62. The molecule has 2 aromatic rings. The lowest BCUT2D eigenvalue weighted by atomic mass is 10.0. The summed E-state index contributed by atoms with van der Waals surface area (Å²) in [7, 11) is 0. The summed E-state index contributed by atoms with van der Waals surface area (Å²) < 4.78 is 15.3. The molecule has 0 radical (unpaired) electrons. The zero-order chi connectivity index (χ0) is 15.3. The van der Waals surface area contributed by atoms with Crippen molar-refractivity contribution in [2.24, 2.45) is 5.73 Å². The predicted octanol–water partition coefficient (Wildman–Crippen LogP) is 2.39. The monoisotopic (exact) mass is 318 g/mol. The summed E-state index contributed by atoms with van der Waals surface area (Å²) in [5, 5.41) is 4.87. The standard InChI is InChI=1S/C15H15FN4OS/c16-10-8-11(9-4-2-1-3-5-9)20-12(10)18-14(19-20)22-15(6-7-15)13(17)21/h1-5,10-11H,6-8H2,(H2,17,21)/t10-,11-/m0/s1. The van der Waals surface area contributed by atoms with E-state index in [2.05, 4.69) is 10.1 Å². The second kappa shape index (κ2) is 4.81. The van der Waals surface area contributed by atoms with E-state index in [1.807, 2.05) is 30.3 Å². The lowest BCUT2D eigenvalue weighted by Crippen LogP contribution is -2.27. The minimum Gasteiger partial charge on any atom is -0.368 e. The second-order valence-corrected chi connectivity index (χ2v) is 7.14. The van der Waals surface area contributed by atoms with Gasteiger partial charge in [-0.2, -0.15) is 0 Å². The van der Waals surface area contributed by atoms with E-state index in [-0.39, 0.29) is 11.9 Å². The van der Waals surface area contributed by atoms with Crippen LogP contribution in [0.4, 0.5) is 4.39 Å². The number of alkyl halides is 1. The van der Waals surface area contributed by atoms with E-state index in [0.717, 1.165) is 18.4 Å². The maximum Gasteiger partial charge on any atom is 0.234 e. The molecule has 22 heavy (non-hydrogen) atoms. The summed E-state index contributed by atoms with van der Waals surface area (Å²) in [5.41, 5.74) is 6.44. The lowest BCUT2D eigenvalue weighted by Gasteiger charge is -2.11. The summed E-state index contributed by atoms with van der Waals surface area (Å²) in [6, 6.07) is 9.58. The number of aromatic nitrogens is 3. The number of rotatable bonds is 4. The van der Waals surface area contributed by atoms with Gasteiger partial charge in [-0.15, -0.1) is 5.10 Å². The van der Waals surface area contributed by atoms with Gasteiger partial charge in [0.2, 0.25) is 11.1 Å². The Kier molecular flexibility index (Phi) is 3.00. The molecule has 7 heteroatoms. The number of hydrogen-bond donors (Lipinski definition) is 1. The first-order valence-corrected chi connectivity index (χ1v) is 8.05. The number of primary amides is 1. The van der Waals surface area contributed by atoms with Crippen molar-refractivity contribution in [1.82, 2.24) is 14.8 Å². The van der Waals surface area contributed by atoms with E-state index in [9.17, 15) is 9.18 Å². The molecule has 2 heterocycles. The summed E-state index contributed by atoms with van der Waals surface area (Å²) >= 11 is 1.26. The van der Waals surface area contributed by atoms with Crippen molar-refractivity contribution >= 4 is 17.7 Å². The van der Waals surface area contributed by atoms with Crippen molar-refractivity contribution in [3.05, 3.63) is 41.7 Å². The van der Waals surface area contributed by atoms with Crippen molar-refractivity contribution in [2.45, 2.75) is 41.4 Å². The first kappa shape index (κ1) is 13.8. The van der Waals surface area contributed by atoms with Crippen LogP contribution in [0.3, 0.4) is 0 Å². The predicted molar refractivity (Wildman–Crippen MR) is 80.1 cm³/mol. The summed E-state index contributed by atoms with van der Waals surface area (Å²) in [6.45, 7) is 0. The fourth-order valence-electron chi connectivity index (χ4n) is 2.84. The van der Waals surface area contributed by atoms with Gasteiger partial charge in [-0.1, -0.05) is 42.1 Å². The Hall–Kier alpha value is -1.89. The van der Waals surface area contributed by atoms with Crippen LogP contribution in [0.15, 0.2) is 35.5 Å².